The van der Waals surface area contributed by atoms with Gasteiger partial charge in [0, 0.05) is 19.3 Å². The van der Waals surface area contributed by atoms with E-state index in [1.807, 2.05) is 0 Å². The Morgan fingerprint density at radius 2 is 2.43 bits per heavy atom. The van der Waals surface area contributed by atoms with E-state index < -0.39 is 5.97 Å². The minimum Gasteiger partial charge on any atom is -0.476 e. The van der Waals surface area contributed by atoms with E-state index >= 15 is 0 Å². The zero-order valence-corrected chi connectivity index (χ0v) is 7.30. The van der Waals surface area contributed by atoms with Crippen LogP contribution in [0.2, 0.25) is 0 Å². The fraction of sp³-hybridized carbons (Fsp3) is 0.375. The molecule has 1 aromatic rings. The number of rotatable bonds is 3. The Bertz CT molecular complexity index is 381. The molecule has 0 bridgehead atoms. The Labute approximate surface area is 79.5 Å². The molecule has 1 aliphatic heterocycles. The lowest BCUT2D eigenvalue weighted by Crippen LogP contribution is -2.43. The van der Waals surface area contributed by atoms with Crippen molar-refractivity contribution in [3.05, 3.63) is 17.5 Å². The van der Waals surface area contributed by atoms with E-state index in [9.17, 15) is 9.59 Å². The molecule has 6 nitrogen and oxygen atoms in total. The summed E-state index contributed by atoms with van der Waals surface area (Å²) >= 11 is 0. The Hall–Kier alpha value is -1.69. The molecule has 0 aromatic carbocycles. The molecule has 0 unspecified atom stereocenters. The Kier molecular flexibility index (Phi) is 2.05. The van der Waals surface area contributed by atoms with E-state index in [0.717, 1.165) is 13.1 Å². The van der Waals surface area contributed by atoms with Crippen molar-refractivity contribution in [1.82, 2.24) is 15.1 Å². The SMILES string of the molecule is O=Cc1cn(C2CNC2)nc1C(=O)O. The molecule has 2 heterocycles. The third-order valence-corrected chi connectivity index (χ3v) is 2.22. The van der Waals surface area contributed by atoms with Crippen LogP contribution in [0.25, 0.3) is 0 Å². The van der Waals surface area contributed by atoms with Gasteiger partial charge in [-0.05, 0) is 0 Å². The third-order valence-electron chi connectivity index (χ3n) is 2.22. The molecular weight excluding hydrogens is 186 g/mol. The third kappa shape index (κ3) is 1.29. The number of nitrogens with one attached hydrogen (secondary N) is 1. The summed E-state index contributed by atoms with van der Waals surface area (Å²) < 4.78 is 1.53. The molecule has 2 rings (SSSR count). The van der Waals surface area contributed by atoms with Crippen LogP contribution < -0.4 is 5.32 Å². The highest BCUT2D eigenvalue weighted by Gasteiger charge is 2.23. The first-order chi connectivity index (χ1) is 6.72. The minimum atomic E-state index is -1.17. The van der Waals surface area contributed by atoms with Gasteiger partial charge in [0.1, 0.15) is 0 Å². The van der Waals surface area contributed by atoms with Crippen LogP contribution >= 0.6 is 0 Å². The summed E-state index contributed by atoms with van der Waals surface area (Å²) in [4.78, 5) is 21.2. The quantitative estimate of drug-likeness (QED) is 0.637. The maximum absolute atomic E-state index is 10.7. The smallest absolute Gasteiger partial charge is 0.357 e. The molecule has 0 amide bonds. The van der Waals surface area contributed by atoms with Gasteiger partial charge in [0.05, 0.1) is 11.6 Å². The molecule has 6 heteroatoms. The fourth-order valence-corrected chi connectivity index (χ4v) is 1.31. The van der Waals surface area contributed by atoms with Crippen molar-refractivity contribution in [1.29, 1.82) is 0 Å². The maximum atomic E-state index is 10.7. The van der Waals surface area contributed by atoms with Crippen LogP contribution in [0.1, 0.15) is 26.9 Å². The predicted molar refractivity (Wildman–Crippen MR) is 46.5 cm³/mol. The second-order valence-electron chi connectivity index (χ2n) is 3.15. The van der Waals surface area contributed by atoms with E-state index in [-0.39, 0.29) is 17.3 Å². The summed E-state index contributed by atoms with van der Waals surface area (Å²) in [6.07, 6.45) is 1.99. The molecule has 0 aliphatic carbocycles. The number of hydrogen-bond acceptors (Lipinski definition) is 4. The van der Waals surface area contributed by atoms with E-state index in [1.54, 1.807) is 0 Å². The largest absolute Gasteiger partial charge is 0.476 e. The van der Waals surface area contributed by atoms with Crippen LogP contribution in [0.3, 0.4) is 0 Å². The van der Waals surface area contributed by atoms with Gasteiger partial charge >= 0.3 is 5.97 Å². The van der Waals surface area contributed by atoms with Gasteiger partial charge in [0.2, 0.25) is 0 Å². The lowest BCUT2D eigenvalue weighted by molar-refractivity contribution is 0.0686. The highest BCUT2D eigenvalue weighted by atomic mass is 16.4. The summed E-state index contributed by atoms with van der Waals surface area (Å²) in [5, 5.41) is 15.6. The first-order valence-electron chi connectivity index (χ1n) is 4.20. The molecule has 1 saturated heterocycles. The Morgan fingerprint density at radius 1 is 1.71 bits per heavy atom. The Morgan fingerprint density at radius 3 is 2.79 bits per heavy atom. The van der Waals surface area contributed by atoms with Crippen molar-refractivity contribution in [2.75, 3.05) is 13.1 Å². The predicted octanol–water partition coefficient (Wildman–Crippen LogP) is -0.462. The number of carboxylic acids is 1. The Balaban J connectivity index is 2.34. The molecule has 0 atom stereocenters. The molecule has 1 aromatic heterocycles. The van der Waals surface area contributed by atoms with Crippen LogP contribution in [0, 0.1) is 0 Å². The second-order valence-corrected chi connectivity index (χ2v) is 3.15. The molecule has 1 aliphatic rings. The van der Waals surface area contributed by atoms with Crippen molar-refractivity contribution in [3.63, 3.8) is 0 Å². The van der Waals surface area contributed by atoms with E-state index in [2.05, 4.69) is 10.4 Å². The van der Waals surface area contributed by atoms with Crippen LogP contribution in [-0.2, 0) is 0 Å². The van der Waals surface area contributed by atoms with Crippen molar-refractivity contribution in [2.45, 2.75) is 6.04 Å². The number of nitrogens with zero attached hydrogens (tertiary/aromatic N) is 2. The highest BCUT2D eigenvalue weighted by molar-refractivity contribution is 5.95. The van der Waals surface area contributed by atoms with E-state index in [1.165, 1.54) is 10.9 Å². The van der Waals surface area contributed by atoms with Gasteiger partial charge in [-0.25, -0.2) is 4.79 Å². The number of carbonyl (C=O) groups is 2. The standard InChI is InChI=1S/C8H9N3O3/c12-4-5-3-11(6-1-9-2-6)10-7(5)8(13)14/h3-4,6,9H,1-2H2,(H,13,14). The number of aromatic carboxylic acids is 1. The normalized spacial score (nSPS) is 16.3. The molecule has 0 saturated carbocycles. The summed E-state index contributed by atoms with van der Waals surface area (Å²) in [7, 11) is 0. The van der Waals surface area contributed by atoms with Crippen LogP contribution in [0.5, 0.6) is 0 Å². The summed E-state index contributed by atoms with van der Waals surface area (Å²) in [6.45, 7) is 1.53. The van der Waals surface area contributed by atoms with Gasteiger partial charge in [0.25, 0.3) is 0 Å². The molecule has 1 fully saturated rings. The lowest BCUT2D eigenvalue weighted by Gasteiger charge is -2.27. The van der Waals surface area contributed by atoms with Gasteiger partial charge in [-0.15, -0.1) is 0 Å². The van der Waals surface area contributed by atoms with Crippen LogP contribution in [0.4, 0.5) is 0 Å². The lowest BCUT2D eigenvalue weighted by atomic mass is 10.2. The number of aromatic nitrogens is 2. The van der Waals surface area contributed by atoms with E-state index in [0.29, 0.717) is 6.29 Å². The summed E-state index contributed by atoms with van der Waals surface area (Å²) in [5.74, 6) is -1.17. The minimum absolute atomic E-state index is 0.129. The first-order valence-corrected chi connectivity index (χ1v) is 4.20. The van der Waals surface area contributed by atoms with Gasteiger partial charge in [0.15, 0.2) is 12.0 Å². The first kappa shape index (κ1) is 8.89. The van der Waals surface area contributed by atoms with Crippen LogP contribution in [-0.4, -0.2) is 40.2 Å². The van der Waals surface area contributed by atoms with Gasteiger partial charge in [-0.3, -0.25) is 9.48 Å². The molecule has 2 N–H and O–H groups in total. The van der Waals surface area contributed by atoms with Crippen molar-refractivity contribution < 1.29 is 14.7 Å². The number of hydrogen-bond donors (Lipinski definition) is 2. The zero-order valence-electron chi connectivity index (χ0n) is 7.30. The second kappa shape index (κ2) is 3.22. The van der Waals surface area contributed by atoms with Crippen molar-refractivity contribution in [2.24, 2.45) is 0 Å². The monoisotopic (exact) mass is 195 g/mol. The topological polar surface area (TPSA) is 84.2 Å². The molecule has 0 spiro atoms. The average Bonchev–Trinajstić information content (AvgIpc) is 2.45. The molecule has 14 heavy (non-hydrogen) atoms. The number of aldehydes is 1. The van der Waals surface area contributed by atoms with Crippen LogP contribution in [0.15, 0.2) is 6.20 Å². The van der Waals surface area contributed by atoms with Crippen molar-refractivity contribution >= 4 is 12.3 Å². The summed E-state index contributed by atoms with van der Waals surface area (Å²) in [6, 6.07) is 0.168. The van der Waals surface area contributed by atoms with Gasteiger partial charge in [-0.2, -0.15) is 5.10 Å². The molecule has 0 radical (unpaired) electrons. The number of carboxylic acid groups (broad SMARTS) is 1. The zero-order chi connectivity index (χ0) is 10.1. The van der Waals surface area contributed by atoms with E-state index in [4.69, 9.17) is 5.11 Å². The van der Waals surface area contributed by atoms with Gasteiger partial charge < -0.3 is 10.4 Å². The van der Waals surface area contributed by atoms with Crippen molar-refractivity contribution in [3.8, 4) is 0 Å². The maximum Gasteiger partial charge on any atom is 0.357 e. The highest BCUT2D eigenvalue weighted by Crippen LogP contribution is 2.13. The average molecular weight is 195 g/mol. The van der Waals surface area contributed by atoms with Gasteiger partial charge in [-0.1, -0.05) is 0 Å². The number of carbonyl (C=O) groups excluding carboxylic acids is 1. The molecule has 74 valence electrons. The summed E-state index contributed by atoms with van der Waals surface area (Å²) in [5.41, 5.74) is -0.0451. The fourth-order valence-electron chi connectivity index (χ4n) is 1.31. The molecular formula is C8H9N3O3.